The van der Waals surface area contributed by atoms with E-state index in [-0.39, 0.29) is 23.5 Å². The number of likely N-dealkylation sites (tertiary alicyclic amines) is 1. The van der Waals surface area contributed by atoms with Crippen molar-refractivity contribution in [3.05, 3.63) is 35.9 Å². The summed E-state index contributed by atoms with van der Waals surface area (Å²) in [5.74, 6) is 0.0242. The maximum Gasteiger partial charge on any atom is 0.315 e. The molecule has 0 aliphatic carbocycles. The number of urea groups is 1. The number of carbonyl (C=O) groups is 2. The molecule has 0 spiro atoms. The van der Waals surface area contributed by atoms with Crippen molar-refractivity contribution in [2.24, 2.45) is 0 Å². The predicted octanol–water partition coefficient (Wildman–Crippen LogP) is 2.00. The lowest BCUT2D eigenvalue weighted by molar-refractivity contribution is 0.0789. The maximum absolute atomic E-state index is 12.3. The first-order valence-electron chi connectivity index (χ1n) is 7.28. The van der Waals surface area contributed by atoms with Crippen molar-refractivity contribution in [2.75, 3.05) is 13.1 Å². The molecule has 1 atom stereocenters. The normalized spacial score (nSPS) is 18.4. The Balaban J connectivity index is 1.86. The molecule has 114 valence electrons. The van der Waals surface area contributed by atoms with E-state index in [2.05, 4.69) is 10.6 Å². The van der Waals surface area contributed by atoms with E-state index in [0.717, 1.165) is 6.42 Å². The fraction of sp³-hybridized carbons (Fsp3) is 0.500. The van der Waals surface area contributed by atoms with Crippen molar-refractivity contribution in [2.45, 2.75) is 38.8 Å². The molecule has 1 heterocycles. The minimum Gasteiger partial charge on any atom is -0.337 e. The van der Waals surface area contributed by atoms with Crippen molar-refractivity contribution in [3.63, 3.8) is 0 Å². The van der Waals surface area contributed by atoms with Gasteiger partial charge in [-0.3, -0.25) is 4.79 Å². The lowest BCUT2D eigenvalue weighted by Crippen LogP contribution is -2.50. The highest BCUT2D eigenvalue weighted by Gasteiger charge is 2.28. The minimum absolute atomic E-state index is 0.0139. The molecule has 0 saturated carbocycles. The van der Waals surface area contributed by atoms with Crippen LogP contribution in [0.15, 0.2) is 30.3 Å². The monoisotopic (exact) mass is 289 g/mol. The van der Waals surface area contributed by atoms with Crippen LogP contribution in [0.4, 0.5) is 4.79 Å². The van der Waals surface area contributed by atoms with Gasteiger partial charge < -0.3 is 15.5 Å². The Kier molecular flexibility index (Phi) is 4.50. The van der Waals surface area contributed by atoms with Crippen LogP contribution in [0.25, 0.3) is 0 Å². The molecule has 5 nitrogen and oxygen atoms in total. The number of amides is 3. The van der Waals surface area contributed by atoms with Crippen LogP contribution < -0.4 is 10.6 Å². The van der Waals surface area contributed by atoms with E-state index in [9.17, 15) is 9.59 Å². The third-order valence-electron chi connectivity index (χ3n) is 3.32. The summed E-state index contributed by atoms with van der Waals surface area (Å²) < 4.78 is 0. The molecule has 1 saturated heterocycles. The Morgan fingerprint density at radius 3 is 2.48 bits per heavy atom. The second-order valence-corrected chi connectivity index (χ2v) is 6.45. The zero-order valence-electron chi connectivity index (χ0n) is 12.8. The van der Waals surface area contributed by atoms with Crippen LogP contribution in [-0.4, -0.2) is 41.5 Å². The largest absolute Gasteiger partial charge is 0.337 e. The zero-order chi connectivity index (χ0) is 15.5. The van der Waals surface area contributed by atoms with Crippen molar-refractivity contribution in [3.8, 4) is 0 Å². The second kappa shape index (κ2) is 6.16. The van der Waals surface area contributed by atoms with Crippen LogP contribution >= 0.6 is 0 Å². The summed E-state index contributed by atoms with van der Waals surface area (Å²) in [4.78, 5) is 25.9. The maximum atomic E-state index is 12.3. The summed E-state index contributed by atoms with van der Waals surface area (Å²) in [5, 5.41) is 5.80. The average molecular weight is 289 g/mol. The molecule has 1 aliphatic rings. The van der Waals surface area contributed by atoms with Crippen LogP contribution in [0, 0.1) is 0 Å². The van der Waals surface area contributed by atoms with Gasteiger partial charge in [0.1, 0.15) is 0 Å². The summed E-state index contributed by atoms with van der Waals surface area (Å²) in [6.07, 6.45) is 0.788. The molecular formula is C16H23N3O2. The highest BCUT2D eigenvalue weighted by Crippen LogP contribution is 2.13. The quantitative estimate of drug-likeness (QED) is 0.874. The van der Waals surface area contributed by atoms with E-state index in [1.165, 1.54) is 0 Å². The van der Waals surface area contributed by atoms with Gasteiger partial charge in [-0.25, -0.2) is 4.79 Å². The first-order chi connectivity index (χ1) is 9.85. The SMILES string of the molecule is CC(C)(C)NC(=O)N[C@@H]1CCN(C(=O)c2ccccc2)C1. The van der Waals surface area contributed by atoms with Gasteiger partial charge in [-0.1, -0.05) is 18.2 Å². The van der Waals surface area contributed by atoms with Crippen LogP contribution in [0.5, 0.6) is 0 Å². The van der Waals surface area contributed by atoms with Crippen molar-refractivity contribution < 1.29 is 9.59 Å². The highest BCUT2D eigenvalue weighted by molar-refractivity contribution is 5.94. The Bertz CT molecular complexity index is 508. The minimum atomic E-state index is -0.262. The summed E-state index contributed by atoms with van der Waals surface area (Å²) >= 11 is 0. The molecule has 5 heteroatoms. The van der Waals surface area contributed by atoms with Gasteiger partial charge in [0.25, 0.3) is 5.91 Å². The third-order valence-corrected chi connectivity index (χ3v) is 3.32. The fourth-order valence-electron chi connectivity index (χ4n) is 2.39. The predicted molar refractivity (Wildman–Crippen MR) is 82.2 cm³/mol. The number of benzene rings is 1. The molecule has 21 heavy (non-hydrogen) atoms. The topological polar surface area (TPSA) is 61.4 Å². The van der Waals surface area contributed by atoms with Gasteiger partial charge in [-0.2, -0.15) is 0 Å². The Hall–Kier alpha value is -2.04. The fourth-order valence-corrected chi connectivity index (χ4v) is 2.39. The molecule has 2 N–H and O–H groups in total. The molecule has 1 fully saturated rings. The van der Waals surface area contributed by atoms with Crippen molar-refractivity contribution in [1.82, 2.24) is 15.5 Å². The molecule has 2 rings (SSSR count). The first kappa shape index (κ1) is 15.4. The molecule has 0 bridgehead atoms. The van der Waals surface area contributed by atoms with Crippen molar-refractivity contribution in [1.29, 1.82) is 0 Å². The van der Waals surface area contributed by atoms with Crippen LogP contribution in [0.1, 0.15) is 37.6 Å². The van der Waals surface area contributed by atoms with Gasteiger partial charge in [0.05, 0.1) is 0 Å². The smallest absolute Gasteiger partial charge is 0.315 e. The number of hydrogen-bond acceptors (Lipinski definition) is 2. The number of rotatable bonds is 2. The first-order valence-corrected chi connectivity index (χ1v) is 7.28. The molecule has 3 amide bonds. The van der Waals surface area contributed by atoms with Gasteiger partial charge in [0, 0.05) is 30.2 Å². The third kappa shape index (κ3) is 4.48. The Labute approximate surface area is 125 Å². The van der Waals surface area contributed by atoms with Crippen LogP contribution in [0.3, 0.4) is 0 Å². The van der Waals surface area contributed by atoms with Gasteiger partial charge in [-0.15, -0.1) is 0 Å². The Morgan fingerprint density at radius 2 is 1.86 bits per heavy atom. The van der Waals surface area contributed by atoms with E-state index in [1.54, 1.807) is 4.90 Å². The van der Waals surface area contributed by atoms with Gasteiger partial charge in [-0.05, 0) is 39.3 Å². The molecule has 0 radical (unpaired) electrons. The highest BCUT2D eigenvalue weighted by atomic mass is 16.2. The van der Waals surface area contributed by atoms with Gasteiger partial charge >= 0.3 is 6.03 Å². The van der Waals surface area contributed by atoms with E-state index >= 15 is 0 Å². The van der Waals surface area contributed by atoms with Crippen molar-refractivity contribution >= 4 is 11.9 Å². The number of nitrogens with one attached hydrogen (secondary N) is 2. The number of nitrogens with zero attached hydrogens (tertiary/aromatic N) is 1. The molecule has 1 aromatic rings. The summed E-state index contributed by atoms with van der Waals surface area (Å²) in [5.41, 5.74) is 0.430. The number of hydrogen-bond donors (Lipinski definition) is 2. The second-order valence-electron chi connectivity index (χ2n) is 6.45. The lowest BCUT2D eigenvalue weighted by atomic mass is 10.1. The van der Waals surface area contributed by atoms with Crippen LogP contribution in [0.2, 0.25) is 0 Å². The summed E-state index contributed by atoms with van der Waals surface area (Å²) in [6.45, 7) is 7.05. The standard InChI is InChI=1S/C16H23N3O2/c1-16(2,3)18-15(21)17-13-9-10-19(11-13)14(20)12-7-5-4-6-8-12/h4-8,13H,9-11H2,1-3H3,(H2,17,18,21)/t13-/m1/s1. The molecule has 0 unspecified atom stereocenters. The van der Waals surface area contributed by atoms with E-state index in [0.29, 0.717) is 18.7 Å². The molecule has 1 aliphatic heterocycles. The lowest BCUT2D eigenvalue weighted by Gasteiger charge is -2.23. The van der Waals surface area contributed by atoms with E-state index < -0.39 is 0 Å². The summed E-state index contributed by atoms with van der Waals surface area (Å²) in [7, 11) is 0. The number of carbonyl (C=O) groups excluding carboxylic acids is 2. The van der Waals surface area contributed by atoms with E-state index in [4.69, 9.17) is 0 Å². The van der Waals surface area contributed by atoms with Gasteiger partial charge in [0.2, 0.25) is 0 Å². The molecular weight excluding hydrogens is 266 g/mol. The van der Waals surface area contributed by atoms with Gasteiger partial charge in [0.15, 0.2) is 0 Å². The van der Waals surface area contributed by atoms with E-state index in [1.807, 2.05) is 51.1 Å². The molecule has 0 aromatic heterocycles. The Morgan fingerprint density at radius 1 is 1.19 bits per heavy atom. The van der Waals surface area contributed by atoms with Crippen LogP contribution in [-0.2, 0) is 0 Å². The summed E-state index contributed by atoms with van der Waals surface area (Å²) in [6, 6.07) is 9.07. The molecule has 1 aromatic carbocycles. The average Bonchev–Trinajstić information content (AvgIpc) is 2.85. The zero-order valence-corrected chi connectivity index (χ0v) is 12.8.